The fourth-order valence-corrected chi connectivity index (χ4v) is 3.19. The number of ether oxygens (including phenoxy) is 2. The molecule has 2 N–H and O–H groups in total. The Morgan fingerprint density at radius 3 is 2.66 bits per heavy atom. The second-order valence-corrected chi connectivity index (χ2v) is 7.44. The molecule has 0 aliphatic rings. The number of hydrogen-bond acceptors (Lipinski definition) is 5. The van der Waals surface area contributed by atoms with Gasteiger partial charge in [-0.3, -0.25) is 0 Å². The SMILES string of the molecule is CCNC(=NCc1ccc(OCC(F)(F)F)c(OC)c1)NCCc1ncc(C)s1. The highest BCUT2D eigenvalue weighted by Crippen LogP contribution is 2.30. The molecule has 29 heavy (non-hydrogen) atoms. The average molecular weight is 430 g/mol. The normalized spacial score (nSPS) is 12.0. The lowest BCUT2D eigenvalue weighted by Crippen LogP contribution is -2.38. The molecular formula is C19H25F3N4O2S. The fourth-order valence-electron chi connectivity index (χ4n) is 2.41. The Balaban J connectivity index is 1.96. The molecule has 1 aromatic heterocycles. The van der Waals surface area contributed by atoms with Crippen LogP contribution >= 0.6 is 11.3 Å². The number of aliphatic imine (C=N–C) groups is 1. The maximum absolute atomic E-state index is 12.3. The number of aromatic nitrogens is 1. The zero-order chi connectivity index (χ0) is 21.3. The van der Waals surface area contributed by atoms with Gasteiger partial charge in [0, 0.05) is 30.6 Å². The summed E-state index contributed by atoms with van der Waals surface area (Å²) in [6, 6.07) is 4.75. The molecule has 0 fully saturated rings. The maximum atomic E-state index is 12.3. The van der Waals surface area contributed by atoms with Crippen LogP contribution in [0.4, 0.5) is 13.2 Å². The molecule has 0 aliphatic carbocycles. The van der Waals surface area contributed by atoms with Crippen molar-refractivity contribution in [3.63, 3.8) is 0 Å². The van der Waals surface area contributed by atoms with Crippen LogP contribution < -0.4 is 20.1 Å². The molecule has 6 nitrogen and oxygen atoms in total. The third-order valence-corrected chi connectivity index (χ3v) is 4.66. The fraction of sp³-hybridized carbons (Fsp3) is 0.474. The van der Waals surface area contributed by atoms with Crippen molar-refractivity contribution in [3.05, 3.63) is 39.8 Å². The van der Waals surface area contributed by atoms with E-state index >= 15 is 0 Å². The predicted octanol–water partition coefficient (Wildman–Crippen LogP) is 3.70. The van der Waals surface area contributed by atoms with Crippen LogP contribution in [0.3, 0.4) is 0 Å². The Morgan fingerprint density at radius 1 is 1.24 bits per heavy atom. The summed E-state index contributed by atoms with van der Waals surface area (Å²) in [5.41, 5.74) is 0.786. The number of thiazole rings is 1. The highest BCUT2D eigenvalue weighted by Gasteiger charge is 2.29. The van der Waals surface area contributed by atoms with E-state index in [9.17, 15) is 13.2 Å². The summed E-state index contributed by atoms with van der Waals surface area (Å²) in [5, 5.41) is 7.47. The van der Waals surface area contributed by atoms with Gasteiger partial charge in [0.15, 0.2) is 24.1 Å². The third-order valence-electron chi connectivity index (χ3n) is 3.68. The Bertz CT molecular complexity index is 809. The second kappa shape index (κ2) is 10.9. The van der Waals surface area contributed by atoms with E-state index in [-0.39, 0.29) is 11.5 Å². The molecule has 0 spiro atoms. The van der Waals surface area contributed by atoms with Gasteiger partial charge in [-0.1, -0.05) is 6.07 Å². The molecule has 0 amide bonds. The number of aryl methyl sites for hydroxylation is 1. The smallest absolute Gasteiger partial charge is 0.422 e. The summed E-state index contributed by atoms with van der Waals surface area (Å²) in [7, 11) is 1.38. The van der Waals surface area contributed by atoms with Crippen LogP contribution in [0.25, 0.3) is 0 Å². The van der Waals surface area contributed by atoms with Gasteiger partial charge in [-0.15, -0.1) is 11.3 Å². The highest BCUT2D eigenvalue weighted by molar-refractivity contribution is 7.11. The van der Waals surface area contributed by atoms with Crippen LogP contribution in [-0.4, -0.2) is 43.9 Å². The molecular weight excluding hydrogens is 405 g/mol. The number of alkyl halides is 3. The summed E-state index contributed by atoms with van der Waals surface area (Å²) in [4.78, 5) is 10.0. The maximum Gasteiger partial charge on any atom is 0.422 e. The molecule has 0 unspecified atom stereocenters. The summed E-state index contributed by atoms with van der Waals surface area (Å²) in [6.45, 7) is 4.35. The van der Waals surface area contributed by atoms with Crippen molar-refractivity contribution in [1.82, 2.24) is 15.6 Å². The third kappa shape index (κ3) is 8.18. The molecule has 0 bridgehead atoms. The Hall–Kier alpha value is -2.49. The first kappa shape index (κ1) is 22.8. The Labute approximate surface area is 172 Å². The van der Waals surface area contributed by atoms with Crippen molar-refractivity contribution < 1.29 is 22.6 Å². The topological polar surface area (TPSA) is 67.8 Å². The standard InChI is InChI=1S/C19H25F3N4O2S/c1-4-23-18(24-8-7-17-25-10-13(2)29-17)26-11-14-5-6-15(16(9-14)27-3)28-12-19(20,21)22/h5-6,9-10H,4,7-8,11-12H2,1-3H3,(H2,23,24,26). The molecule has 160 valence electrons. The van der Waals surface area contributed by atoms with Gasteiger partial charge in [-0.25, -0.2) is 9.98 Å². The van der Waals surface area contributed by atoms with E-state index in [1.807, 2.05) is 20.0 Å². The molecule has 10 heteroatoms. The molecule has 0 saturated heterocycles. The van der Waals surface area contributed by atoms with E-state index in [2.05, 4.69) is 20.6 Å². The van der Waals surface area contributed by atoms with Gasteiger partial charge in [0.2, 0.25) is 0 Å². The van der Waals surface area contributed by atoms with Gasteiger partial charge in [0.05, 0.1) is 18.7 Å². The average Bonchev–Trinajstić information content (AvgIpc) is 3.09. The van der Waals surface area contributed by atoms with Crippen molar-refractivity contribution in [2.24, 2.45) is 4.99 Å². The van der Waals surface area contributed by atoms with E-state index in [1.165, 1.54) is 18.1 Å². The number of nitrogens with one attached hydrogen (secondary N) is 2. The Morgan fingerprint density at radius 2 is 2.03 bits per heavy atom. The monoisotopic (exact) mass is 430 g/mol. The first-order valence-electron chi connectivity index (χ1n) is 9.10. The number of methoxy groups -OCH3 is 1. The number of rotatable bonds is 9. The van der Waals surface area contributed by atoms with E-state index in [0.29, 0.717) is 25.6 Å². The lowest BCUT2D eigenvalue weighted by molar-refractivity contribution is -0.153. The number of halogens is 3. The number of guanidine groups is 1. The largest absolute Gasteiger partial charge is 0.493 e. The van der Waals surface area contributed by atoms with Crippen LogP contribution in [0.5, 0.6) is 11.5 Å². The van der Waals surface area contributed by atoms with E-state index < -0.39 is 12.8 Å². The summed E-state index contributed by atoms with van der Waals surface area (Å²) < 4.78 is 47.0. The lowest BCUT2D eigenvalue weighted by Gasteiger charge is -2.14. The van der Waals surface area contributed by atoms with Gasteiger partial charge >= 0.3 is 6.18 Å². The van der Waals surface area contributed by atoms with Crippen LogP contribution in [0.2, 0.25) is 0 Å². The molecule has 1 aromatic carbocycles. The molecule has 0 atom stereocenters. The van der Waals surface area contributed by atoms with Gasteiger partial charge in [-0.2, -0.15) is 13.2 Å². The quantitative estimate of drug-likeness (QED) is 0.469. The minimum absolute atomic E-state index is 0.0429. The van der Waals surface area contributed by atoms with Gasteiger partial charge in [0.25, 0.3) is 0 Å². The number of nitrogens with zero attached hydrogens (tertiary/aromatic N) is 2. The van der Waals surface area contributed by atoms with Crippen LogP contribution in [0, 0.1) is 6.92 Å². The first-order valence-corrected chi connectivity index (χ1v) is 9.92. The Kier molecular flexibility index (Phi) is 8.56. The molecule has 2 aromatic rings. The number of hydrogen-bond donors (Lipinski definition) is 2. The summed E-state index contributed by atoms with van der Waals surface area (Å²) in [6.07, 6.45) is -1.76. The van der Waals surface area contributed by atoms with Crippen LogP contribution in [0.1, 0.15) is 22.4 Å². The predicted molar refractivity (Wildman–Crippen MR) is 108 cm³/mol. The van der Waals surface area contributed by atoms with Crippen LogP contribution in [-0.2, 0) is 13.0 Å². The summed E-state index contributed by atoms with van der Waals surface area (Å²) in [5.74, 6) is 0.928. The zero-order valence-corrected chi connectivity index (χ0v) is 17.4. The lowest BCUT2D eigenvalue weighted by atomic mass is 10.2. The molecule has 0 radical (unpaired) electrons. The molecule has 0 saturated carbocycles. The minimum Gasteiger partial charge on any atom is -0.493 e. The molecule has 2 rings (SSSR count). The van der Waals surface area contributed by atoms with E-state index in [0.717, 1.165) is 17.0 Å². The van der Waals surface area contributed by atoms with Crippen LogP contribution in [0.15, 0.2) is 29.4 Å². The zero-order valence-electron chi connectivity index (χ0n) is 16.6. The second-order valence-electron chi connectivity index (χ2n) is 6.13. The van der Waals surface area contributed by atoms with Crippen molar-refractivity contribution in [2.45, 2.75) is 33.0 Å². The van der Waals surface area contributed by atoms with Crippen molar-refractivity contribution in [3.8, 4) is 11.5 Å². The van der Waals surface area contributed by atoms with Gasteiger partial charge in [0.1, 0.15) is 0 Å². The van der Waals surface area contributed by atoms with Crippen molar-refractivity contribution >= 4 is 17.3 Å². The van der Waals surface area contributed by atoms with E-state index in [1.54, 1.807) is 23.5 Å². The minimum atomic E-state index is -4.41. The van der Waals surface area contributed by atoms with Crippen molar-refractivity contribution in [1.29, 1.82) is 0 Å². The summed E-state index contributed by atoms with van der Waals surface area (Å²) >= 11 is 1.67. The van der Waals surface area contributed by atoms with Crippen molar-refractivity contribution in [2.75, 3.05) is 26.8 Å². The first-order chi connectivity index (χ1) is 13.8. The molecule has 0 aliphatic heterocycles. The van der Waals surface area contributed by atoms with Gasteiger partial charge in [-0.05, 0) is 31.5 Å². The molecule has 1 heterocycles. The highest BCUT2D eigenvalue weighted by atomic mass is 32.1. The van der Waals surface area contributed by atoms with Gasteiger partial charge < -0.3 is 20.1 Å². The van der Waals surface area contributed by atoms with E-state index in [4.69, 9.17) is 9.47 Å². The number of benzene rings is 1.